The first-order valence-electron chi connectivity index (χ1n) is 8.21. The van der Waals surface area contributed by atoms with Crippen LogP contribution in [0.15, 0.2) is 24.3 Å². The zero-order valence-corrected chi connectivity index (χ0v) is 13.0. The second-order valence-electron chi connectivity index (χ2n) is 5.95. The van der Waals surface area contributed by atoms with Crippen LogP contribution in [0.4, 0.5) is 0 Å². The minimum absolute atomic E-state index is 0.412. The Kier molecular flexibility index (Phi) is 6.38. The Hall–Kier alpha value is -1.02. The summed E-state index contributed by atoms with van der Waals surface area (Å²) < 4.78 is 5.48. The van der Waals surface area contributed by atoms with Crippen molar-refractivity contribution in [1.82, 2.24) is 5.32 Å². The molecule has 2 heteroatoms. The van der Waals surface area contributed by atoms with Crippen LogP contribution in [0.25, 0.3) is 0 Å². The number of ether oxygens (including phenoxy) is 1. The fourth-order valence-corrected chi connectivity index (χ4v) is 3.37. The molecule has 0 amide bonds. The number of hydrogen-bond donors (Lipinski definition) is 1. The summed E-state index contributed by atoms with van der Waals surface area (Å²) in [5.41, 5.74) is 1.29. The molecular formula is C18H29NO. The molecule has 1 aliphatic carbocycles. The van der Waals surface area contributed by atoms with E-state index < -0.39 is 0 Å². The number of nitrogens with one attached hydrogen (secondary N) is 1. The third-order valence-electron chi connectivity index (χ3n) is 4.59. The lowest BCUT2D eigenvalue weighted by molar-refractivity contribution is 0.325. The molecule has 2 rings (SSSR count). The van der Waals surface area contributed by atoms with Crippen molar-refractivity contribution in [1.29, 1.82) is 0 Å². The van der Waals surface area contributed by atoms with E-state index >= 15 is 0 Å². The van der Waals surface area contributed by atoms with Gasteiger partial charge < -0.3 is 10.1 Å². The summed E-state index contributed by atoms with van der Waals surface area (Å²) in [4.78, 5) is 0. The lowest BCUT2D eigenvalue weighted by Crippen LogP contribution is -2.24. The van der Waals surface area contributed by atoms with Crippen molar-refractivity contribution in [3.8, 4) is 5.75 Å². The van der Waals surface area contributed by atoms with Crippen LogP contribution in [0.1, 0.15) is 63.5 Å². The van der Waals surface area contributed by atoms with Crippen molar-refractivity contribution in [2.24, 2.45) is 5.92 Å². The SMILES string of the molecule is CCC(NCCC1CCCCC1)c1ccccc1OC. The Labute approximate surface area is 123 Å². The van der Waals surface area contributed by atoms with E-state index in [1.54, 1.807) is 7.11 Å². The molecule has 0 spiro atoms. The van der Waals surface area contributed by atoms with Gasteiger partial charge in [-0.05, 0) is 31.4 Å². The first-order chi connectivity index (χ1) is 9.85. The molecule has 0 aromatic heterocycles. The van der Waals surface area contributed by atoms with Crippen LogP contribution in [0.3, 0.4) is 0 Å². The molecule has 0 aliphatic heterocycles. The molecule has 1 N–H and O–H groups in total. The summed E-state index contributed by atoms with van der Waals surface area (Å²) in [7, 11) is 1.76. The fraction of sp³-hybridized carbons (Fsp3) is 0.667. The number of rotatable bonds is 7. The van der Waals surface area contributed by atoms with Crippen LogP contribution in [0.5, 0.6) is 5.75 Å². The van der Waals surface area contributed by atoms with Gasteiger partial charge in [-0.3, -0.25) is 0 Å². The smallest absolute Gasteiger partial charge is 0.123 e. The molecule has 1 saturated carbocycles. The molecule has 1 aromatic rings. The van der Waals surface area contributed by atoms with Crippen molar-refractivity contribution in [2.45, 2.75) is 57.9 Å². The molecule has 1 aromatic carbocycles. The van der Waals surface area contributed by atoms with Gasteiger partial charge in [0.05, 0.1) is 7.11 Å². The number of para-hydroxylation sites is 1. The van der Waals surface area contributed by atoms with E-state index in [-0.39, 0.29) is 0 Å². The molecule has 1 fully saturated rings. The van der Waals surface area contributed by atoms with Crippen LogP contribution in [-0.2, 0) is 0 Å². The normalized spacial score (nSPS) is 17.9. The van der Waals surface area contributed by atoms with Crippen molar-refractivity contribution in [2.75, 3.05) is 13.7 Å². The van der Waals surface area contributed by atoms with Crippen molar-refractivity contribution in [3.63, 3.8) is 0 Å². The lowest BCUT2D eigenvalue weighted by Gasteiger charge is -2.24. The highest BCUT2D eigenvalue weighted by atomic mass is 16.5. The summed E-state index contributed by atoms with van der Waals surface area (Å²) in [5, 5.41) is 3.73. The summed E-state index contributed by atoms with van der Waals surface area (Å²) in [6.07, 6.45) is 9.63. The lowest BCUT2D eigenvalue weighted by atomic mass is 9.87. The van der Waals surface area contributed by atoms with Gasteiger partial charge in [0, 0.05) is 11.6 Å². The van der Waals surface area contributed by atoms with Crippen LogP contribution >= 0.6 is 0 Å². The first-order valence-corrected chi connectivity index (χ1v) is 8.21. The van der Waals surface area contributed by atoms with E-state index in [9.17, 15) is 0 Å². The Morgan fingerprint density at radius 2 is 1.95 bits per heavy atom. The fourth-order valence-electron chi connectivity index (χ4n) is 3.37. The Balaban J connectivity index is 1.85. The van der Waals surface area contributed by atoms with Gasteiger partial charge in [0.15, 0.2) is 0 Å². The van der Waals surface area contributed by atoms with Gasteiger partial charge in [-0.15, -0.1) is 0 Å². The zero-order chi connectivity index (χ0) is 14.2. The molecule has 1 atom stereocenters. The Morgan fingerprint density at radius 1 is 1.20 bits per heavy atom. The average Bonchev–Trinajstić information content (AvgIpc) is 2.53. The van der Waals surface area contributed by atoms with E-state index in [4.69, 9.17) is 4.74 Å². The van der Waals surface area contributed by atoms with E-state index in [2.05, 4.69) is 30.4 Å². The predicted molar refractivity (Wildman–Crippen MR) is 85.2 cm³/mol. The van der Waals surface area contributed by atoms with Crippen molar-refractivity contribution in [3.05, 3.63) is 29.8 Å². The predicted octanol–water partition coefficient (Wildman–Crippen LogP) is 4.71. The highest BCUT2D eigenvalue weighted by Crippen LogP contribution is 2.28. The molecule has 112 valence electrons. The van der Waals surface area contributed by atoms with Gasteiger partial charge in [-0.1, -0.05) is 57.2 Å². The third-order valence-corrected chi connectivity index (χ3v) is 4.59. The minimum Gasteiger partial charge on any atom is -0.496 e. The van der Waals surface area contributed by atoms with Crippen LogP contribution in [0, 0.1) is 5.92 Å². The number of hydrogen-bond acceptors (Lipinski definition) is 2. The molecular weight excluding hydrogens is 246 g/mol. The van der Waals surface area contributed by atoms with E-state index in [0.717, 1.165) is 24.6 Å². The van der Waals surface area contributed by atoms with Gasteiger partial charge in [0.2, 0.25) is 0 Å². The molecule has 1 aliphatic rings. The Morgan fingerprint density at radius 3 is 2.65 bits per heavy atom. The minimum atomic E-state index is 0.412. The zero-order valence-electron chi connectivity index (χ0n) is 13.0. The van der Waals surface area contributed by atoms with E-state index in [0.29, 0.717) is 6.04 Å². The maximum Gasteiger partial charge on any atom is 0.123 e. The monoisotopic (exact) mass is 275 g/mol. The first kappa shape index (κ1) is 15.4. The average molecular weight is 275 g/mol. The quantitative estimate of drug-likeness (QED) is 0.778. The third kappa shape index (κ3) is 4.24. The molecule has 0 heterocycles. The van der Waals surface area contributed by atoms with Crippen LogP contribution in [-0.4, -0.2) is 13.7 Å². The van der Waals surface area contributed by atoms with Crippen molar-refractivity contribution >= 4 is 0 Å². The number of methoxy groups -OCH3 is 1. The highest BCUT2D eigenvalue weighted by molar-refractivity contribution is 5.35. The second kappa shape index (κ2) is 8.31. The van der Waals surface area contributed by atoms with Gasteiger partial charge in [-0.2, -0.15) is 0 Å². The maximum atomic E-state index is 5.48. The molecule has 2 nitrogen and oxygen atoms in total. The van der Waals surface area contributed by atoms with Gasteiger partial charge in [-0.25, -0.2) is 0 Å². The Bertz CT molecular complexity index is 385. The van der Waals surface area contributed by atoms with Crippen LogP contribution < -0.4 is 10.1 Å². The van der Waals surface area contributed by atoms with Crippen molar-refractivity contribution < 1.29 is 4.74 Å². The second-order valence-corrected chi connectivity index (χ2v) is 5.95. The summed E-state index contributed by atoms with van der Waals surface area (Å²) in [6.45, 7) is 3.37. The van der Waals surface area contributed by atoms with Gasteiger partial charge in [0.1, 0.15) is 5.75 Å². The topological polar surface area (TPSA) is 21.3 Å². The molecule has 1 unspecified atom stereocenters. The summed E-state index contributed by atoms with van der Waals surface area (Å²) in [5.74, 6) is 1.95. The standard InChI is InChI=1S/C18H29NO/c1-3-17(16-11-7-8-12-18(16)20-2)19-14-13-15-9-5-4-6-10-15/h7-8,11-12,15,17,19H,3-6,9-10,13-14H2,1-2H3. The summed E-state index contributed by atoms with van der Waals surface area (Å²) >= 11 is 0. The molecule has 0 bridgehead atoms. The molecule has 20 heavy (non-hydrogen) atoms. The van der Waals surface area contributed by atoms with Crippen LogP contribution in [0.2, 0.25) is 0 Å². The van der Waals surface area contributed by atoms with Gasteiger partial charge >= 0.3 is 0 Å². The molecule has 0 radical (unpaired) electrons. The van der Waals surface area contributed by atoms with E-state index in [1.807, 2.05) is 6.07 Å². The van der Waals surface area contributed by atoms with Gasteiger partial charge in [0.25, 0.3) is 0 Å². The van der Waals surface area contributed by atoms with E-state index in [1.165, 1.54) is 44.1 Å². The summed E-state index contributed by atoms with van der Waals surface area (Å²) in [6, 6.07) is 8.79. The molecule has 0 saturated heterocycles. The number of benzene rings is 1. The largest absolute Gasteiger partial charge is 0.496 e. The highest BCUT2D eigenvalue weighted by Gasteiger charge is 2.16. The maximum absolute atomic E-state index is 5.48.